The van der Waals surface area contributed by atoms with E-state index in [1.54, 1.807) is 6.07 Å². The first-order valence-electron chi connectivity index (χ1n) is 4.37. The number of hydrogen-bond donors (Lipinski definition) is 2. The summed E-state index contributed by atoms with van der Waals surface area (Å²) < 4.78 is 5.22. The topological polar surface area (TPSA) is 72.6 Å². The van der Waals surface area contributed by atoms with Crippen molar-refractivity contribution in [2.45, 2.75) is 19.4 Å². The fraction of sp³-hybridized carbons (Fsp3) is 0.300. The van der Waals surface area contributed by atoms with E-state index in [1.165, 1.54) is 0 Å². The highest BCUT2D eigenvalue weighted by molar-refractivity contribution is 5.76. The number of fused-ring (bicyclic) bond motifs is 1. The Balaban J connectivity index is 2.40. The van der Waals surface area contributed by atoms with Crippen molar-refractivity contribution in [2.75, 3.05) is 5.73 Å². The molecule has 0 bridgehead atoms. The van der Waals surface area contributed by atoms with E-state index >= 15 is 0 Å². The second-order valence-corrected chi connectivity index (χ2v) is 3.42. The fourth-order valence-corrected chi connectivity index (χ4v) is 1.60. The summed E-state index contributed by atoms with van der Waals surface area (Å²) in [6, 6.07) is 3.60. The molecule has 0 amide bonds. The summed E-state index contributed by atoms with van der Waals surface area (Å²) in [6.07, 6.45) is -0.424. The first-order chi connectivity index (χ1) is 6.59. The maximum absolute atomic E-state index is 10.7. The Morgan fingerprint density at radius 2 is 2.36 bits per heavy atom. The van der Waals surface area contributed by atoms with Crippen LogP contribution in [0.2, 0.25) is 0 Å². The average Bonchev–Trinajstić information content (AvgIpc) is 2.56. The van der Waals surface area contributed by atoms with Gasteiger partial charge in [-0.25, -0.2) is 4.79 Å². The molecule has 0 aliphatic carbocycles. The molecule has 4 heteroatoms. The molecule has 2 rings (SSSR count). The minimum Gasteiger partial charge on any atom is -0.478 e. The summed E-state index contributed by atoms with van der Waals surface area (Å²) >= 11 is 0. The normalized spacial score (nSPS) is 18.8. The smallest absolute Gasteiger partial charge is 0.345 e. The zero-order chi connectivity index (χ0) is 10.3. The van der Waals surface area contributed by atoms with Gasteiger partial charge in [-0.3, -0.25) is 0 Å². The second kappa shape index (κ2) is 2.90. The van der Waals surface area contributed by atoms with Crippen molar-refractivity contribution in [3.8, 4) is 5.75 Å². The molecule has 74 valence electrons. The van der Waals surface area contributed by atoms with E-state index in [4.69, 9.17) is 15.6 Å². The number of anilines is 1. The van der Waals surface area contributed by atoms with Gasteiger partial charge in [0.15, 0.2) is 6.10 Å². The van der Waals surface area contributed by atoms with Gasteiger partial charge >= 0.3 is 5.97 Å². The van der Waals surface area contributed by atoms with E-state index in [-0.39, 0.29) is 0 Å². The number of nitrogens with two attached hydrogens (primary N) is 1. The van der Waals surface area contributed by atoms with Crippen LogP contribution in [0.1, 0.15) is 11.1 Å². The molecular formula is C10H11NO3. The highest BCUT2D eigenvalue weighted by Gasteiger charge is 2.30. The summed E-state index contributed by atoms with van der Waals surface area (Å²) in [4.78, 5) is 10.7. The van der Waals surface area contributed by atoms with Crippen LogP contribution in [0.4, 0.5) is 5.69 Å². The van der Waals surface area contributed by atoms with Gasteiger partial charge in [-0.1, -0.05) is 6.07 Å². The number of ether oxygens (including phenoxy) is 1. The molecule has 1 aliphatic heterocycles. The number of aliphatic carboxylic acids is 1. The van der Waals surface area contributed by atoms with Crippen molar-refractivity contribution >= 4 is 11.7 Å². The number of hydrogen-bond acceptors (Lipinski definition) is 3. The van der Waals surface area contributed by atoms with E-state index in [0.29, 0.717) is 17.9 Å². The van der Waals surface area contributed by atoms with Gasteiger partial charge in [0.25, 0.3) is 0 Å². The first-order valence-corrected chi connectivity index (χ1v) is 4.37. The Bertz CT molecular complexity index is 401. The van der Waals surface area contributed by atoms with Gasteiger partial charge in [0, 0.05) is 17.7 Å². The quantitative estimate of drug-likeness (QED) is 0.652. The molecule has 3 N–H and O–H groups in total. The molecule has 1 heterocycles. The van der Waals surface area contributed by atoms with Gasteiger partial charge in [0.05, 0.1) is 0 Å². The third kappa shape index (κ3) is 1.19. The predicted molar refractivity (Wildman–Crippen MR) is 51.3 cm³/mol. The molecule has 0 saturated carbocycles. The number of carboxylic acids is 1. The number of carbonyl (C=O) groups is 1. The summed E-state index contributed by atoms with van der Waals surface area (Å²) in [6.45, 7) is 1.89. The summed E-state index contributed by atoms with van der Waals surface area (Å²) in [5.74, 6) is -0.348. The predicted octanol–water partition coefficient (Wildman–Crippen LogP) is 0.965. The van der Waals surface area contributed by atoms with E-state index in [9.17, 15) is 4.79 Å². The van der Waals surface area contributed by atoms with Crippen LogP contribution < -0.4 is 10.5 Å². The number of aryl methyl sites for hydroxylation is 1. The lowest BCUT2D eigenvalue weighted by Crippen LogP contribution is -2.24. The molecular weight excluding hydrogens is 182 g/mol. The van der Waals surface area contributed by atoms with Crippen molar-refractivity contribution in [1.82, 2.24) is 0 Å². The van der Waals surface area contributed by atoms with Crippen LogP contribution in [-0.4, -0.2) is 17.2 Å². The molecule has 1 aromatic rings. The third-order valence-corrected chi connectivity index (χ3v) is 2.47. The molecule has 0 saturated heterocycles. The Hall–Kier alpha value is -1.71. The molecule has 1 aliphatic rings. The average molecular weight is 193 g/mol. The van der Waals surface area contributed by atoms with E-state index in [1.807, 2.05) is 13.0 Å². The Labute approximate surface area is 81.3 Å². The minimum absolute atomic E-state index is 0.359. The molecule has 0 spiro atoms. The van der Waals surface area contributed by atoms with Crippen LogP contribution >= 0.6 is 0 Å². The van der Waals surface area contributed by atoms with Gasteiger partial charge in [-0.05, 0) is 18.6 Å². The maximum atomic E-state index is 10.7. The number of benzene rings is 1. The minimum atomic E-state index is -0.946. The molecule has 1 atom stereocenters. The number of carboxylic acid groups (broad SMARTS) is 1. The van der Waals surface area contributed by atoms with E-state index < -0.39 is 12.1 Å². The van der Waals surface area contributed by atoms with Crippen molar-refractivity contribution in [2.24, 2.45) is 0 Å². The second-order valence-electron chi connectivity index (χ2n) is 3.42. The van der Waals surface area contributed by atoms with Crippen LogP contribution in [0, 0.1) is 6.92 Å². The van der Waals surface area contributed by atoms with Gasteiger partial charge in [-0.2, -0.15) is 0 Å². The van der Waals surface area contributed by atoms with E-state index in [2.05, 4.69) is 0 Å². The van der Waals surface area contributed by atoms with Crippen molar-refractivity contribution < 1.29 is 14.6 Å². The van der Waals surface area contributed by atoms with Crippen LogP contribution in [0.15, 0.2) is 12.1 Å². The Kier molecular flexibility index (Phi) is 1.84. The fourth-order valence-electron chi connectivity index (χ4n) is 1.60. The lowest BCUT2D eigenvalue weighted by molar-refractivity contribution is -0.144. The largest absolute Gasteiger partial charge is 0.478 e. The SMILES string of the molecule is Cc1ccc2c(c1N)CC(C(=O)O)O2. The molecule has 0 aromatic heterocycles. The monoisotopic (exact) mass is 193 g/mol. The summed E-state index contributed by atoms with van der Waals surface area (Å²) in [5, 5.41) is 8.78. The van der Waals surface area contributed by atoms with Crippen LogP contribution in [0.5, 0.6) is 5.75 Å². The van der Waals surface area contributed by atoms with Gasteiger partial charge in [-0.15, -0.1) is 0 Å². The molecule has 4 nitrogen and oxygen atoms in total. The lowest BCUT2D eigenvalue weighted by atomic mass is 10.0. The van der Waals surface area contributed by atoms with E-state index in [0.717, 1.165) is 11.1 Å². The summed E-state index contributed by atoms with van der Waals surface area (Å²) in [5.41, 5.74) is 8.24. The Morgan fingerprint density at radius 3 is 3.00 bits per heavy atom. The highest BCUT2D eigenvalue weighted by Crippen LogP contribution is 2.34. The molecule has 1 unspecified atom stereocenters. The highest BCUT2D eigenvalue weighted by atomic mass is 16.5. The van der Waals surface area contributed by atoms with Gasteiger partial charge in [0.1, 0.15) is 5.75 Å². The molecule has 14 heavy (non-hydrogen) atoms. The zero-order valence-electron chi connectivity index (χ0n) is 7.78. The summed E-state index contributed by atoms with van der Waals surface area (Å²) in [7, 11) is 0. The number of nitrogen functional groups attached to an aromatic ring is 1. The third-order valence-electron chi connectivity index (χ3n) is 2.47. The molecule has 1 aromatic carbocycles. The van der Waals surface area contributed by atoms with Crippen molar-refractivity contribution in [1.29, 1.82) is 0 Å². The molecule has 0 radical (unpaired) electrons. The zero-order valence-corrected chi connectivity index (χ0v) is 7.78. The molecule has 0 fully saturated rings. The maximum Gasteiger partial charge on any atom is 0.345 e. The van der Waals surface area contributed by atoms with Crippen LogP contribution in [0.25, 0.3) is 0 Å². The number of rotatable bonds is 1. The lowest BCUT2D eigenvalue weighted by Gasteiger charge is -2.04. The Morgan fingerprint density at radius 1 is 1.64 bits per heavy atom. The van der Waals surface area contributed by atoms with Crippen LogP contribution in [0.3, 0.4) is 0 Å². The first kappa shape index (κ1) is 8.87. The standard InChI is InChI=1S/C10H11NO3/c1-5-2-3-7-6(9(5)11)4-8(14-7)10(12)13/h2-3,8H,4,11H2,1H3,(H,12,13). The van der Waals surface area contributed by atoms with Gasteiger partial charge in [0.2, 0.25) is 0 Å². The van der Waals surface area contributed by atoms with Gasteiger partial charge < -0.3 is 15.6 Å². The van der Waals surface area contributed by atoms with Crippen LogP contribution in [-0.2, 0) is 11.2 Å². The van der Waals surface area contributed by atoms with Crippen molar-refractivity contribution in [3.63, 3.8) is 0 Å². The van der Waals surface area contributed by atoms with Crippen molar-refractivity contribution in [3.05, 3.63) is 23.3 Å².